The van der Waals surface area contributed by atoms with Crippen molar-refractivity contribution in [3.8, 4) is 0 Å². The van der Waals surface area contributed by atoms with Crippen LogP contribution in [0.25, 0.3) is 0 Å². The van der Waals surface area contributed by atoms with Gasteiger partial charge in [-0.25, -0.2) is 0 Å². The molecule has 0 aliphatic carbocycles. The van der Waals surface area contributed by atoms with Crippen molar-refractivity contribution in [1.82, 2.24) is 0 Å². The third-order valence-electron chi connectivity index (χ3n) is 1.61. The maximum atomic E-state index is 10.4. The number of nitrogens with two attached hydrogens (primary N) is 1. The smallest absolute Gasteiger partial charge is 0.217 e. The third kappa shape index (κ3) is 4.07. The molecular weight excluding hydrogens is 113 g/mol. The molecule has 0 bridgehead atoms. The molecule has 1 atom stereocenters. The van der Waals surface area contributed by atoms with Gasteiger partial charge in [0.1, 0.15) is 7.85 Å². The fourth-order valence-corrected chi connectivity index (χ4v) is 0.597. The number of primary amides is 1. The first kappa shape index (κ1) is 8.53. The number of hydrogen-bond acceptors (Lipinski definition) is 1. The molecule has 0 aromatic heterocycles. The van der Waals surface area contributed by atoms with Crippen molar-refractivity contribution in [1.29, 1.82) is 0 Å². The van der Waals surface area contributed by atoms with Gasteiger partial charge in [-0.05, 0) is 0 Å². The second-order valence-electron chi connectivity index (χ2n) is 3.16. The Morgan fingerprint density at radius 3 is 2.33 bits per heavy atom. The molecule has 0 aliphatic rings. The van der Waals surface area contributed by atoms with Gasteiger partial charge in [-0.2, -0.15) is 0 Å². The number of carbonyl (C=O) groups is 1. The summed E-state index contributed by atoms with van der Waals surface area (Å²) in [5, 5.41) is 0.0891. The minimum Gasteiger partial charge on any atom is -0.370 e. The molecule has 0 unspecified atom stereocenters. The Labute approximate surface area is 57.2 Å². The quantitative estimate of drug-likeness (QED) is 0.536. The van der Waals surface area contributed by atoms with E-state index in [-0.39, 0.29) is 11.2 Å². The van der Waals surface area contributed by atoms with E-state index < -0.39 is 0 Å². The summed E-state index contributed by atoms with van der Waals surface area (Å²) < 4.78 is 0. The van der Waals surface area contributed by atoms with Gasteiger partial charge in [-0.1, -0.05) is 25.6 Å². The summed E-state index contributed by atoms with van der Waals surface area (Å²) in [6.07, 6.45) is 1.49. The molecule has 0 saturated carbocycles. The maximum Gasteiger partial charge on any atom is 0.217 e. The van der Waals surface area contributed by atoms with E-state index in [2.05, 4.69) is 6.92 Å². The van der Waals surface area contributed by atoms with E-state index in [4.69, 9.17) is 5.73 Å². The highest BCUT2D eigenvalue weighted by Gasteiger charge is 2.17. The van der Waals surface area contributed by atoms with Crippen molar-refractivity contribution >= 4 is 13.8 Å². The van der Waals surface area contributed by atoms with Crippen LogP contribution in [-0.2, 0) is 4.79 Å². The fraction of sp³-hybridized carbons (Fsp3) is 0.833. The Hall–Kier alpha value is -0.465. The first-order chi connectivity index (χ1) is 3.98. The molecule has 2 nitrogen and oxygen atoms in total. The summed E-state index contributed by atoms with van der Waals surface area (Å²) in [6.45, 7) is 4.10. The molecule has 1 amide bonds. The van der Waals surface area contributed by atoms with Crippen LogP contribution in [0.2, 0.25) is 5.31 Å². The molecule has 0 rings (SSSR count). The van der Waals surface area contributed by atoms with E-state index in [1.807, 2.05) is 14.8 Å². The van der Waals surface area contributed by atoms with Gasteiger partial charge in [-0.15, -0.1) is 0 Å². The predicted molar refractivity (Wildman–Crippen MR) is 41.0 cm³/mol. The standard InChI is InChI=1S/C6H14BNO/c1-3-6(2,7)4-5(8)9/h3-4,7H2,1-2H3,(H2,8,9)/t6-/m1/s1. The van der Waals surface area contributed by atoms with E-state index in [0.29, 0.717) is 6.42 Å². The van der Waals surface area contributed by atoms with E-state index in [0.717, 1.165) is 6.42 Å². The van der Waals surface area contributed by atoms with Gasteiger partial charge < -0.3 is 5.73 Å². The summed E-state index contributed by atoms with van der Waals surface area (Å²) in [4.78, 5) is 10.4. The van der Waals surface area contributed by atoms with Crippen LogP contribution in [0.3, 0.4) is 0 Å². The zero-order valence-corrected chi connectivity index (χ0v) is 6.40. The average Bonchev–Trinajstić information content (AvgIpc) is 1.63. The summed E-state index contributed by atoms with van der Waals surface area (Å²) in [5.41, 5.74) is 5.02. The van der Waals surface area contributed by atoms with Crippen molar-refractivity contribution in [2.24, 2.45) is 5.73 Å². The number of carbonyl (C=O) groups excluding carboxylic acids is 1. The SMILES string of the molecule is B[C@](C)(CC)CC(N)=O. The van der Waals surface area contributed by atoms with Crippen molar-refractivity contribution in [3.63, 3.8) is 0 Å². The lowest BCUT2D eigenvalue weighted by atomic mass is 9.66. The van der Waals surface area contributed by atoms with Gasteiger partial charge in [0, 0.05) is 6.42 Å². The van der Waals surface area contributed by atoms with Gasteiger partial charge in [0.2, 0.25) is 5.91 Å². The molecule has 9 heavy (non-hydrogen) atoms. The molecule has 3 heteroatoms. The molecule has 0 spiro atoms. The summed E-state index contributed by atoms with van der Waals surface area (Å²) in [6, 6.07) is 0. The van der Waals surface area contributed by atoms with Crippen LogP contribution < -0.4 is 5.73 Å². The van der Waals surface area contributed by atoms with Crippen LogP contribution in [0.15, 0.2) is 0 Å². The Morgan fingerprint density at radius 1 is 1.78 bits per heavy atom. The summed E-state index contributed by atoms with van der Waals surface area (Å²) in [7, 11) is 2.04. The van der Waals surface area contributed by atoms with E-state index >= 15 is 0 Å². The van der Waals surface area contributed by atoms with Crippen LogP contribution in [0.1, 0.15) is 26.7 Å². The Morgan fingerprint density at radius 2 is 2.22 bits per heavy atom. The zero-order chi connectivity index (χ0) is 7.49. The topological polar surface area (TPSA) is 43.1 Å². The monoisotopic (exact) mass is 127 g/mol. The minimum absolute atomic E-state index is 0.0891. The Balaban J connectivity index is 3.71. The van der Waals surface area contributed by atoms with Crippen molar-refractivity contribution in [2.45, 2.75) is 32.0 Å². The van der Waals surface area contributed by atoms with Crippen LogP contribution >= 0.6 is 0 Å². The molecule has 0 aromatic rings. The van der Waals surface area contributed by atoms with E-state index in [1.165, 1.54) is 0 Å². The van der Waals surface area contributed by atoms with E-state index in [9.17, 15) is 4.79 Å². The van der Waals surface area contributed by atoms with Crippen LogP contribution in [0.5, 0.6) is 0 Å². The molecule has 0 fully saturated rings. The zero-order valence-electron chi connectivity index (χ0n) is 6.40. The van der Waals surface area contributed by atoms with Gasteiger partial charge >= 0.3 is 0 Å². The highest BCUT2D eigenvalue weighted by atomic mass is 16.1. The molecule has 0 aliphatic heterocycles. The van der Waals surface area contributed by atoms with Crippen LogP contribution in [0.4, 0.5) is 0 Å². The Bertz CT molecular complexity index is 112. The first-order valence-electron chi connectivity index (χ1n) is 3.26. The Kier molecular flexibility index (Phi) is 2.75. The number of amides is 1. The molecule has 0 saturated heterocycles. The predicted octanol–water partition coefficient (Wildman–Crippen LogP) is 0.0835. The first-order valence-corrected chi connectivity index (χ1v) is 3.26. The van der Waals surface area contributed by atoms with Gasteiger partial charge in [0.15, 0.2) is 0 Å². The lowest BCUT2D eigenvalue weighted by molar-refractivity contribution is -0.118. The summed E-state index contributed by atoms with van der Waals surface area (Å²) >= 11 is 0. The second-order valence-corrected chi connectivity index (χ2v) is 3.16. The highest BCUT2D eigenvalue weighted by Crippen LogP contribution is 2.28. The van der Waals surface area contributed by atoms with Gasteiger partial charge in [-0.3, -0.25) is 4.79 Å². The molecule has 0 heterocycles. The lowest BCUT2D eigenvalue weighted by Crippen LogP contribution is -2.19. The fourth-order valence-electron chi connectivity index (χ4n) is 0.597. The van der Waals surface area contributed by atoms with Crippen LogP contribution in [0, 0.1) is 0 Å². The molecular formula is C6H14BNO. The minimum atomic E-state index is -0.207. The highest BCUT2D eigenvalue weighted by molar-refractivity contribution is 6.16. The summed E-state index contributed by atoms with van der Waals surface area (Å²) in [5.74, 6) is -0.207. The van der Waals surface area contributed by atoms with Crippen molar-refractivity contribution < 1.29 is 4.79 Å². The van der Waals surface area contributed by atoms with Crippen molar-refractivity contribution in [3.05, 3.63) is 0 Å². The second kappa shape index (κ2) is 2.90. The number of hydrogen-bond donors (Lipinski definition) is 1. The molecule has 52 valence electrons. The van der Waals surface area contributed by atoms with Crippen LogP contribution in [-0.4, -0.2) is 13.8 Å². The largest absolute Gasteiger partial charge is 0.370 e. The van der Waals surface area contributed by atoms with Gasteiger partial charge in [0.25, 0.3) is 0 Å². The normalized spacial score (nSPS) is 16.7. The molecule has 2 N–H and O–H groups in total. The van der Waals surface area contributed by atoms with Crippen molar-refractivity contribution in [2.75, 3.05) is 0 Å². The molecule has 0 radical (unpaired) electrons. The lowest BCUT2D eigenvalue weighted by Gasteiger charge is -2.19. The average molecular weight is 127 g/mol. The van der Waals surface area contributed by atoms with Gasteiger partial charge in [0.05, 0.1) is 0 Å². The third-order valence-corrected chi connectivity index (χ3v) is 1.61. The maximum absolute atomic E-state index is 10.4. The molecule has 0 aromatic carbocycles. The van der Waals surface area contributed by atoms with E-state index in [1.54, 1.807) is 0 Å². The number of rotatable bonds is 3.